The van der Waals surface area contributed by atoms with Crippen LogP contribution in [0.5, 0.6) is 0 Å². The van der Waals surface area contributed by atoms with Crippen molar-refractivity contribution in [2.75, 3.05) is 0 Å². The molecule has 3 aromatic rings. The first-order valence-electron chi connectivity index (χ1n) is 8.38. The molecule has 3 aromatic heterocycles. The van der Waals surface area contributed by atoms with E-state index in [1.54, 1.807) is 21.3 Å². The standard InChI is InChI=1S/C14H14N5O2.2F6P/c1-16-3-5-18(9-16)12-7-11(14(20)21)8-13(15-12)19-6-4-17(2)10-19;2*1-7(2,3,4,5)6/h3-10H,1-2H3;;/q+1;2*-1/p+1. The SMILES string of the molecule is Cn1cc[n+](-c2cc(C(=O)O)cc(-[n+]3ccn(C)c3)n2)c1.F[P-](F)(F)(F)(F)F.F[P-](F)(F)(F)(F)F. The van der Waals surface area contributed by atoms with Crippen LogP contribution in [0.4, 0.5) is 50.4 Å². The first-order valence-corrected chi connectivity index (χ1v) is 12.4. The van der Waals surface area contributed by atoms with Gasteiger partial charge in [0.1, 0.15) is 12.4 Å². The number of aromatic carboxylic acids is 1. The molecule has 0 atom stereocenters. The van der Waals surface area contributed by atoms with Gasteiger partial charge in [-0.1, -0.05) is 4.98 Å². The van der Waals surface area contributed by atoms with Crippen LogP contribution in [-0.4, -0.2) is 25.2 Å². The first kappa shape index (κ1) is 30.1. The molecule has 0 aliphatic rings. The summed E-state index contributed by atoms with van der Waals surface area (Å²) in [4.78, 5) is 15.8. The number of pyridine rings is 1. The van der Waals surface area contributed by atoms with Crippen LogP contribution in [0.15, 0.2) is 49.6 Å². The topological polar surface area (TPSA) is 67.8 Å². The molecule has 1 N–H and O–H groups in total. The van der Waals surface area contributed by atoms with Crippen LogP contribution in [-0.2, 0) is 14.1 Å². The molecule has 202 valence electrons. The molecule has 0 saturated heterocycles. The number of imidazole rings is 2. The zero-order valence-corrected chi connectivity index (χ0v) is 18.9. The van der Waals surface area contributed by atoms with Gasteiger partial charge in [-0.2, -0.15) is 0 Å². The molecule has 0 aliphatic heterocycles. The third-order valence-electron chi connectivity index (χ3n) is 3.11. The second-order valence-corrected chi connectivity index (χ2v) is 10.6. The van der Waals surface area contributed by atoms with Gasteiger partial charge in [0.2, 0.25) is 0 Å². The molecule has 7 nitrogen and oxygen atoms in total. The van der Waals surface area contributed by atoms with Gasteiger partial charge >= 0.3 is 71.9 Å². The fraction of sp³-hybridized carbons (Fsp3) is 0.143. The number of halogens is 12. The second-order valence-electron chi connectivity index (χ2n) is 6.77. The van der Waals surface area contributed by atoms with Crippen molar-refractivity contribution in [3.05, 3.63) is 55.1 Å². The van der Waals surface area contributed by atoms with Crippen molar-refractivity contribution in [3.8, 4) is 11.6 Å². The Bertz CT molecular complexity index is 1120. The zero-order valence-electron chi connectivity index (χ0n) is 17.1. The van der Waals surface area contributed by atoms with E-state index < -0.39 is 21.6 Å². The van der Waals surface area contributed by atoms with Crippen LogP contribution < -0.4 is 9.13 Å². The van der Waals surface area contributed by atoms with Gasteiger partial charge in [0, 0.05) is 12.1 Å². The fourth-order valence-electron chi connectivity index (χ4n) is 2.06. The van der Waals surface area contributed by atoms with Gasteiger partial charge in [-0.15, -0.1) is 0 Å². The maximum atomic E-state index is 11.3. The zero-order chi connectivity index (χ0) is 27.8. The summed E-state index contributed by atoms with van der Waals surface area (Å²) in [6, 6.07) is 3.10. The van der Waals surface area contributed by atoms with Gasteiger partial charge in [0.05, 0.1) is 32.1 Å². The van der Waals surface area contributed by atoms with E-state index in [1.165, 1.54) is 0 Å². The average molecular weight is 575 g/mol. The Labute approximate surface area is 186 Å². The average Bonchev–Trinajstić information content (AvgIpc) is 3.17. The van der Waals surface area contributed by atoms with E-state index in [2.05, 4.69) is 4.98 Å². The normalized spacial score (nSPS) is 15.7. The van der Waals surface area contributed by atoms with Gasteiger partial charge in [0.25, 0.3) is 11.6 Å². The van der Waals surface area contributed by atoms with Crippen molar-refractivity contribution in [1.29, 1.82) is 0 Å². The molecule has 0 unspecified atom stereocenters. The van der Waals surface area contributed by atoms with E-state index in [9.17, 15) is 60.3 Å². The number of hydrogen-bond acceptors (Lipinski definition) is 2. The Morgan fingerprint density at radius 1 is 0.743 bits per heavy atom. The Kier molecular flexibility index (Phi) is 6.69. The van der Waals surface area contributed by atoms with Crippen molar-refractivity contribution in [2.24, 2.45) is 14.1 Å². The van der Waals surface area contributed by atoms with Crippen molar-refractivity contribution in [2.45, 2.75) is 0 Å². The van der Waals surface area contributed by atoms with E-state index in [4.69, 9.17) is 0 Å². The van der Waals surface area contributed by atoms with E-state index in [0.29, 0.717) is 11.6 Å². The minimum atomic E-state index is -10.7. The van der Waals surface area contributed by atoms with Crippen molar-refractivity contribution in [1.82, 2.24) is 14.1 Å². The summed E-state index contributed by atoms with van der Waals surface area (Å²) in [5.74, 6) is 0.136. The van der Waals surface area contributed by atoms with Crippen molar-refractivity contribution < 1.29 is 69.4 Å². The molecule has 0 fully saturated rings. The van der Waals surface area contributed by atoms with Crippen LogP contribution >= 0.6 is 15.6 Å². The Morgan fingerprint density at radius 3 is 1.23 bits per heavy atom. The number of aromatic nitrogens is 5. The van der Waals surface area contributed by atoms with Crippen LogP contribution in [0.1, 0.15) is 10.4 Å². The molecule has 0 amide bonds. The molecule has 0 bridgehead atoms. The molecule has 21 heteroatoms. The van der Waals surface area contributed by atoms with Gasteiger partial charge in [-0.25, -0.2) is 13.9 Å². The molecular formula is C14H15F12N5O2P2. The molecule has 3 rings (SSSR count). The number of aryl methyl sites for hydroxylation is 2. The minimum absolute atomic E-state index is 0.197. The number of carbonyl (C=O) groups is 1. The molecule has 0 aromatic carbocycles. The second kappa shape index (κ2) is 7.78. The Hall–Kier alpha value is -2.94. The molecule has 0 saturated carbocycles. The van der Waals surface area contributed by atoms with Crippen LogP contribution in [0.3, 0.4) is 0 Å². The summed E-state index contributed by atoms with van der Waals surface area (Å²) < 4.78 is 126. The van der Waals surface area contributed by atoms with E-state index in [-0.39, 0.29) is 5.56 Å². The van der Waals surface area contributed by atoms with Crippen LogP contribution in [0.2, 0.25) is 0 Å². The number of nitrogens with zero attached hydrogens (tertiary/aromatic N) is 5. The summed E-state index contributed by atoms with van der Waals surface area (Å²) in [5.41, 5.74) is 0.197. The summed E-state index contributed by atoms with van der Waals surface area (Å²) in [6.45, 7) is 0. The summed E-state index contributed by atoms with van der Waals surface area (Å²) in [5, 5.41) is 9.28. The predicted octanol–water partition coefficient (Wildman–Crippen LogP) is 6.78. The number of carboxylic acid groups (broad SMARTS) is 1. The molecule has 0 spiro atoms. The van der Waals surface area contributed by atoms with E-state index in [0.717, 1.165) is 0 Å². The molecule has 0 aliphatic carbocycles. The molecule has 35 heavy (non-hydrogen) atoms. The van der Waals surface area contributed by atoms with Gasteiger partial charge < -0.3 is 5.11 Å². The first-order chi connectivity index (χ1) is 14.9. The molecule has 0 radical (unpaired) electrons. The summed E-state index contributed by atoms with van der Waals surface area (Å²) in [6.07, 6.45) is 11.0. The monoisotopic (exact) mass is 575 g/mol. The maximum absolute atomic E-state index is 11.3. The molecule has 3 heterocycles. The fourth-order valence-corrected chi connectivity index (χ4v) is 2.06. The van der Waals surface area contributed by atoms with Crippen molar-refractivity contribution in [3.63, 3.8) is 0 Å². The van der Waals surface area contributed by atoms with E-state index in [1.807, 2.05) is 60.7 Å². The number of hydrogen-bond donors (Lipinski definition) is 1. The van der Waals surface area contributed by atoms with Crippen LogP contribution in [0.25, 0.3) is 11.6 Å². The summed E-state index contributed by atoms with van der Waals surface area (Å²) >= 11 is 0. The quantitative estimate of drug-likeness (QED) is 0.213. The third-order valence-corrected chi connectivity index (χ3v) is 3.11. The van der Waals surface area contributed by atoms with Crippen LogP contribution in [0, 0.1) is 0 Å². The number of rotatable bonds is 3. The molecular weight excluding hydrogens is 560 g/mol. The number of carboxylic acids is 1. The van der Waals surface area contributed by atoms with E-state index >= 15 is 0 Å². The summed E-state index contributed by atoms with van der Waals surface area (Å²) in [7, 11) is -17.5. The Morgan fingerprint density at radius 2 is 1.03 bits per heavy atom. The van der Waals surface area contributed by atoms with Gasteiger partial charge in [-0.3, -0.25) is 9.13 Å². The Balaban J connectivity index is 0.000000362. The van der Waals surface area contributed by atoms with Gasteiger partial charge in [0.15, 0.2) is 12.7 Å². The predicted molar refractivity (Wildman–Crippen MR) is 99.3 cm³/mol. The van der Waals surface area contributed by atoms with Crippen molar-refractivity contribution >= 4 is 21.6 Å². The van der Waals surface area contributed by atoms with Gasteiger partial charge in [-0.05, 0) is 0 Å². The third kappa shape index (κ3) is 17.2.